The van der Waals surface area contributed by atoms with E-state index in [1.54, 1.807) is 7.11 Å². The van der Waals surface area contributed by atoms with Crippen LogP contribution in [0.3, 0.4) is 0 Å². The van der Waals surface area contributed by atoms with E-state index in [4.69, 9.17) is 40.0 Å². The summed E-state index contributed by atoms with van der Waals surface area (Å²) in [5.74, 6) is 0.624. The zero-order chi connectivity index (χ0) is 28.2. The van der Waals surface area contributed by atoms with Crippen molar-refractivity contribution in [2.24, 2.45) is 0 Å². The Labute approximate surface area is 235 Å². The summed E-state index contributed by atoms with van der Waals surface area (Å²) in [4.78, 5) is 0. The van der Waals surface area contributed by atoms with Gasteiger partial charge in [0.15, 0.2) is 13.1 Å². The molecule has 0 aromatic heterocycles. The van der Waals surface area contributed by atoms with Crippen molar-refractivity contribution in [3.8, 4) is 0 Å². The molecule has 0 saturated heterocycles. The number of halogens is 1. The Morgan fingerprint density at radius 2 is 1.63 bits per heavy atom. The van der Waals surface area contributed by atoms with Crippen molar-refractivity contribution in [2.45, 2.75) is 111 Å². The quantitative estimate of drug-likeness (QED) is 0.183. The van der Waals surface area contributed by atoms with Gasteiger partial charge in [-0.1, -0.05) is 56.2 Å². The molecule has 8 heteroatoms. The molecule has 220 valence electrons. The number of ether oxygens (including phenoxy) is 6. The van der Waals surface area contributed by atoms with Gasteiger partial charge in [-0.3, -0.25) is 0 Å². The molecule has 0 saturated carbocycles. The second-order valence-electron chi connectivity index (χ2n) is 9.29. The van der Waals surface area contributed by atoms with Crippen molar-refractivity contribution in [1.82, 2.24) is 0 Å². The predicted molar refractivity (Wildman–Crippen MR) is 153 cm³/mol. The molecular weight excluding hydrogens is 508 g/mol. The van der Waals surface area contributed by atoms with Crippen LogP contribution in [0, 0.1) is 0 Å². The van der Waals surface area contributed by atoms with Gasteiger partial charge in [-0.05, 0) is 58.4 Å². The molecule has 0 fully saturated rings. The number of rotatable bonds is 9. The van der Waals surface area contributed by atoms with E-state index < -0.39 is 18.5 Å². The molecule has 0 amide bonds. The molecule has 4 atom stereocenters. The first kappa shape index (κ1) is 34.8. The smallest absolute Gasteiger partial charge is 0.188 e. The second kappa shape index (κ2) is 21.6. The molecule has 1 aliphatic carbocycles. The maximum absolute atomic E-state index is 10.9. The molecule has 2 rings (SSSR count). The molecule has 2 aliphatic rings. The minimum absolute atomic E-state index is 0.0429. The van der Waals surface area contributed by atoms with Crippen molar-refractivity contribution < 1.29 is 33.5 Å². The van der Waals surface area contributed by atoms with Crippen LogP contribution in [0.2, 0.25) is 0 Å². The number of methoxy groups -OCH3 is 1. The van der Waals surface area contributed by atoms with Crippen LogP contribution in [0.15, 0.2) is 46.2 Å². The summed E-state index contributed by atoms with van der Waals surface area (Å²) in [6, 6.07) is 0. The lowest BCUT2D eigenvalue weighted by Gasteiger charge is -2.34. The predicted octanol–water partition coefficient (Wildman–Crippen LogP) is 7.15. The van der Waals surface area contributed by atoms with Crippen molar-refractivity contribution in [3.05, 3.63) is 46.2 Å². The van der Waals surface area contributed by atoms with Crippen LogP contribution in [-0.4, -0.2) is 63.6 Å². The van der Waals surface area contributed by atoms with Crippen LogP contribution in [0.25, 0.3) is 0 Å². The number of aliphatic hydroxyl groups is 1. The number of allylic oxidation sites excluding steroid dienone is 3. The Morgan fingerprint density at radius 3 is 2.32 bits per heavy atom. The van der Waals surface area contributed by atoms with Crippen molar-refractivity contribution in [3.63, 3.8) is 0 Å². The Kier molecular flexibility index (Phi) is 19.8. The van der Waals surface area contributed by atoms with Crippen LogP contribution >= 0.6 is 11.6 Å². The fourth-order valence-corrected chi connectivity index (χ4v) is 4.34. The topological polar surface area (TPSA) is 75.6 Å². The van der Waals surface area contributed by atoms with Crippen LogP contribution in [0.4, 0.5) is 0 Å². The summed E-state index contributed by atoms with van der Waals surface area (Å²) in [6.45, 7) is 11.3. The van der Waals surface area contributed by atoms with E-state index in [-0.39, 0.29) is 26.1 Å². The lowest BCUT2D eigenvalue weighted by Crippen LogP contribution is -2.32. The second-order valence-corrected chi connectivity index (χ2v) is 9.70. The van der Waals surface area contributed by atoms with Crippen LogP contribution in [0.5, 0.6) is 0 Å². The molecule has 38 heavy (non-hydrogen) atoms. The summed E-state index contributed by atoms with van der Waals surface area (Å²) in [6.07, 6.45) is 12.9. The van der Waals surface area contributed by atoms with Crippen molar-refractivity contribution >= 4 is 11.6 Å². The highest BCUT2D eigenvalue weighted by Crippen LogP contribution is 2.40. The maximum Gasteiger partial charge on any atom is 0.188 e. The fourth-order valence-electron chi connectivity index (χ4n) is 4.02. The first-order chi connectivity index (χ1) is 18.4. The summed E-state index contributed by atoms with van der Waals surface area (Å²) < 4.78 is 35.0. The van der Waals surface area contributed by atoms with Crippen molar-refractivity contribution in [2.75, 3.05) is 33.9 Å². The molecule has 2 unspecified atom stereocenters. The summed E-state index contributed by atoms with van der Waals surface area (Å²) in [5.41, 5.74) is 1.40. The molecule has 0 bridgehead atoms. The largest absolute Gasteiger partial charge is 0.471 e. The summed E-state index contributed by atoms with van der Waals surface area (Å²) >= 11 is 6.91. The molecule has 0 aromatic rings. The van der Waals surface area contributed by atoms with Crippen molar-refractivity contribution in [1.29, 1.82) is 0 Å². The van der Waals surface area contributed by atoms with Gasteiger partial charge in [0.25, 0.3) is 0 Å². The standard InChI is InChI=1S/C27H43ClO7.C3H8/c1-5-31-18-33-23-17-24(34-19-32-6-2)26(28)22-16-21(29)15-13-11-9-7-8-10-12-14-20(3)35-27(30-4)25(22)23;1-3-2/h7-8,13,15,20-21,24,27,29H,5-6,9-12,14,16-19H2,1-4H3;3H2,1-2H3/b8-7+,15-13+;/t20-,21?,24?,27-;/m1./s1. The molecule has 1 aliphatic heterocycles. The monoisotopic (exact) mass is 558 g/mol. The van der Waals surface area contributed by atoms with Gasteiger partial charge < -0.3 is 33.5 Å². The van der Waals surface area contributed by atoms with Gasteiger partial charge >= 0.3 is 0 Å². The average Bonchev–Trinajstić information content (AvgIpc) is 2.89. The van der Waals surface area contributed by atoms with Gasteiger partial charge in [0.05, 0.1) is 22.8 Å². The minimum Gasteiger partial charge on any atom is -0.471 e. The first-order valence-electron chi connectivity index (χ1n) is 14.1. The SMILES string of the molecule is CCC.CCOCOC1=C2C(=C(Cl)C(OCOCC)C1)CC(O)/C=C/CC/C=C/CCC[C@@H](C)O[C@H]2OC. The molecule has 7 nitrogen and oxygen atoms in total. The molecule has 0 radical (unpaired) electrons. The lowest BCUT2D eigenvalue weighted by molar-refractivity contribution is -0.133. The van der Waals surface area contributed by atoms with Gasteiger partial charge in [-0.2, -0.15) is 0 Å². The number of fused-ring (bicyclic) bond motifs is 1. The van der Waals surface area contributed by atoms with Crippen LogP contribution in [-0.2, 0) is 28.4 Å². The normalized spacial score (nSPS) is 27.3. The highest BCUT2D eigenvalue weighted by atomic mass is 35.5. The van der Waals surface area contributed by atoms with Gasteiger partial charge in [0.2, 0.25) is 0 Å². The average molecular weight is 559 g/mol. The van der Waals surface area contributed by atoms with Gasteiger partial charge in [0, 0.05) is 33.2 Å². The number of hydrogen-bond acceptors (Lipinski definition) is 7. The lowest BCUT2D eigenvalue weighted by atomic mass is 9.89. The van der Waals surface area contributed by atoms with Gasteiger partial charge in [0.1, 0.15) is 18.7 Å². The Bertz CT molecular complexity index is 747. The summed E-state index contributed by atoms with van der Waals surface area (Å²) in [5, 5.41) is 11.4. The highest BCUT2D eigenvalue weighted by Gasteiger charge is 2.36. The van der Waals surface area contributed by atoms with E-state index in [1.165, 1.54) is 6.42 Å². The third-order valence-corrected chi connectivity index (χ3v) is 6.34. The minimum atomic E-state index is -0.737. The van der Waals surface area contributed by atoms with E-state index in [0.717, 1.165) is 32.1 Å². The Balaban J connectivity index is 0.00000229. The zero-order valence-electron chi connectivity index (χ0n) is 24.4. The van der Waals surface area contributed by atoms with E-state index in [0.29, 0.717) is 41.6 Å². The first-order valence-corrected chi connectivity index (χ1v) is 14.5. The Hall–Kier alpha value is -1.19. The highest BCUT2D eigenvalue weighted by molar-refractivity contribution is 6.31. The van der Waals surface area contributed by atoms with Gasteiger partial charge in [-0.15, -0.1) is 0 Å². The molecule has 0 aromatic carbocycles. The number of hydrogen-bond donors (Lipinski definition) is 1. The Morgan fingerprint density at radius 1 is 0.974 bits per heavy atom. The molecule has 1 N–H and O–H groups in total. The van der Waals surface area contributed by atoms with E-state index in [1.807, 2.05) is 32.9 Å². The van der Waals surface area contributed by atoms with E-state index in [9.17, 15) is 5.11 Å². The third kappa shape index (κ3) is 13.2. The molecule has 0 spiro atoms. The fraction of sp³-hybridized carbons (Fsp3) is 0.733. The molecule has 1 heterocycles. The van der Waals surface area contributed by atoms with Crippen LogP contribution < -0.4 is 0 Å². The zero-order valence-corrected chi connectivity index (χ0v) is 25.1. The molecular formula is C30H51ClO7. The van der Waals surface area contributed by atoms with E-state index >= 15 is 0 Å². The third-order valence-electron chi connectivity index (χ3n) is 5.87. The maximum atomic E-state index is 10.9. The van der Waals surface area contributed by atoms with Crippen LogP contribution in [0.1, 0.15) is 86.0 Å². The summed E-state index contributed by atoms with van der Waals surface area (Å²) in [7, 11) is 1.60. The van der Waals surface area contributed by atoms with E-state index in [2.05, 4.69) is 26.0 Å². The number of aliphatic hydroxyl groups excluding tert-OH is 1. The van der Waals surface area contributed by atoms with Gasteiger partial charge in [-0.25, -0.2) is 0 Å².